The molecule has 2 saturated heterocycles. The van der Waals surface area contributed by atoms with E-state index in [-0.39, 0.29) is 10.8 Å². The Bertz CT molecular complexity index is 941. The monoisotopic (exact) mass is 368 g/mol. The highest BCUT2D eigenvalue weighted by Gasteiger charge is 2.64. The van der Waals surface area contributed by atoms with Gasteiger partial charge in [0.1, 0.15) is 0 Å². The van der Waals surface area contributed by atoms with Crippen molar-refractivity contribution in [3.05, 3.63) is 83.2 Å². The summed E-state index contributed by atoms with van der Waals surface area (Å²) in [5.41, 5.74) is 9.42. The first-order valence-corrected chi connectivity index (χ1v) is 10.6. The zero-order valence-corrected chi connectivity index (χ0v) is 17.2. The van der Waals surface area contributed by atoms with Gasteiger partial charge in [-0.2, -0.15) is 0 Å². The highest BCUT2D eigenvalue weighted by Crippen LogP contribution is 2.66. The molecule has 0 radical (unpaired) electrons. The highest BCUT2D eigenvalue weighted by atomic mass is 15.7. The second-order valence-electron chi connectivity index (χ2n) is 9.95. The molecular formula is C26H28N2. The summed E-state index contributed by atoms with van der Waals surface area (Å²) in [4.78, 5) is 0. The van der Waals surface area contributed by atoms with Gasteiger partial charge in [-0.3, -0.25) is 10.0 Å². The van der Waals surface area contributed by atoms with Crippen LogP contribution in [-0.2, 0) is 0 Å². The minimum Gasteiger partial charge on any atom is -0.285 e. The lowest BCUT2D eigenvalue weighted by Gasteiger charge is -2.36. The first kappa shape index (κ1) is 16.5. The summed E-state index contributed by atoms with van der Waals surface area (Å²) in [6.07, 6.45) is 2.30. The van der Waals surface area contributed by atoms with Crippen LogP contribution in [-0.4, -0.2) is 22.1 Å². The zero-order chi connectivity index (χ0) is 19.3. The van der Waals surface area contributed by atoms with Crippen LogP contribution in [0.1, 0.15) is 51.7 Å². The molecule has 2 fully saturated rings. The van der Waals surface area contributed by atoms with Crippen molar-refractivity contribution in [3.8, 4) is 0 Å². The van der Waals surface area contributed by atoms with Crippen LogP contribution in [0.2, 0.25) is 0 Å². The summed E-state index contributed by atoms with van der Waals surface area (Å²) in [7, 11) is 0. The summed E-state index contributed by atoms with van der Waals surface area (Å²) in [5, 5.41) is 5.39. The van der Waals surface area contributed by atoms with Crippen LogP contribution in [0.25, 0.3) is 11.1 Å². The maximum atomic E-state index is 2.69. The zero-order valence-electron chi connectivity index (χ0n) is 17.2. The fraction of sp³-hybridized carbons (Fsp3) is 0.385. The summed E-state index contributed by atoms with van der Waals surface area (Å²) in [5.74, 6) is 0. The average Bonchev–Trinajstić information content (AvgIpc) is 3.34. The van der Waals surface area contributed by atoms with E-state index in [9.17, 15) is 0 Å². The molecule has 4 aliphatic heterocycles. The van der Waals surface area contributed by atoms with E-state index in [4.69, 9.17) is 0 Å². The Balaban J connectivity index is 1.56. The molecule has 2 nitrogen and oxygen atoms in total. The highest BCUT2D eigenvalue weighted by molar-refractivity contribution is 5.81. The SMILES string of the molecule is CC1(C)C(c2ccccc2)=C2CC3N4C(=C(c5ccccc5)C3(C)C)CC1N24. The van der Waals surface area contributed by atoms with Gasteiger partial charge in [0.05, 0.1) is 12.1 Å². The van der Waals surface area contributed by atoms with E-state index in [1.54, 1.807) is 22.5 Å². The first-order valence-electron chi connectivity index (χ1n) is 10.6. The van der Waals surface area contributed by atoms with Gasteiger partial charge in [0.15, 0.2) is 0 Å². The smallest absolute Gasteiger partial charge is 0.0650 e. The van der Waals surface area contributed by atoms with Gasteiger partial charge in [0, 0.05) is 35.1 Å². The molecule has 2 aromatic carbocycles. The average molecular weight is 369 g/mol. The largest absolute Gasteiger partial charge is 0.285 e. The molecule has 0 spiro atoms. The Morgan fingerprint density at radius 1 is 0.607 bits per heavy atom. The lowest BCUT2D eigenvalue weighted by Crippen LogP contribution is -2.42. The van der Waals surface area contributed by atoms with Crippen LogP contribution in [0.5, 0.6) is 0 Å². The van der Waals surface area contributed by atoms with E-state index in [2.05, 4.69) is 98.4 Å². The first-order chi connectivity index (χ1) is 13.4. The van der Waals surface area contributed by atoms with Crippen molar-refractivity contribution >= 4 is 11.1 Å². The fourth-order valence-electron chi connectivity index (χ4n) is 6.58. The topological polar surface area (TPSA) is 6.48 Å². The molecule has 2 atom stereocenters. The molecule has 28 heavy (non-hydrogen) atoms. The maximum Gasteiger partial charge on any atom is 0.0650 e. The summed E-state index contributed by atoms with van der Waals surface area (Å²) in [6, 6.07) is 23.2. The van der Waals surface area contributed by atoms with Crippen molar-refractivity contribution in [1.29, 1.82) is 0 Å². The molecule has 0 aromatic heterocycles. The van der Waals surface area contributed by atoms with E-state index in [1.165, 1.54) is 11.1 Å². The Labute approximate surface area is 168 Å². The van der Waals surface area contributed by atoms with Crippen LogP contribution in [0.3, 0.4) is 0 Å². The number of hydrazine groups is 1. The molecular weight excluding hydrogens is 340 g/mol. The van der Waals surface area contributed by atoms with E-state index in [1.807, 2.05) is 0 Å². The van der Waals surface area contributed by atoms with Gasteiger partial charge in [-0.25, -0.2) is 0 Å². The normalized spacial score (nSPS) is 28.6. The fourth-order valence-corrected chi connectivity index (χ4v) is 6.58. The molecule has 2 aromatic rings. The van der Waals surface area contributed by atoms with Gasteiger partial charge in [0.25, 0.3) is 0 Å². The van der Waals surface area contributed by atoms with E-state index >= 15 is 0 Å². The van der Waals surface area contributed by atoms with Crippen molar-refractivity contribution in [2.75, 3.05) is 0 Å². The number of nitrogens with zero attached hydrogens (tertiary/aromatic N) is 2. The van der Waals surface area contributed by atoms with Gasteiger partial charge in [-0.05, 0) is 22.3 Å². The quantitative estimate of drug-likeness (QED) is 0.646. The third-order valence-electron chi connectivity index (χ3n) is 7.81. The van der Waals surface area contributed by atoms with E-state index in [0.717, 1.165) is 12.8 Å². The minimum atomic E-state index is 0.158. The summed E-state index contributed by atoms with van der Waals surface area (Å²) in [6.45, 7) is 9.82. The van der Waals surface area contributed by atoms with E-state index < -0.39 is 0 Å². The predicted octanol–water partition coefficient (Wildman–Crippen LogP) is 5.95. The molecule has 0 bridgehead atoms. The Kier molecular flexibility index (Phi) is 3.01. The van der Waals surface area contributed by atoms with Gasteiger partial charge in [-0.15, -0.1) is 0 Å². The predicted molar refractivity (Wildman–Crippen MR) is 115 cm³/mol. The molecule has 0 saturated carbocycles. The van der Waals surface area contributed by atoms with Crippen molar-refractivity contribution in [2.24, 2.45) is 10.8 Å². The van der Waals surface area contributed by atoms with Crippen LogP contribution >= 0.6 is 0 Å². The third kappa shape index (κ3) is 1.79. The van der Waals surface area contributed by atoms with Crippen LogP contribution in [0, 0.1) is 10.8 Å². The van der Waals surface area contributed by atoms with Crippen LogP contribution in [0.4, 0.5) is 0 Å². The van der Waals surface area contributed by atoms with Crippen LogP contribution in [0.15, 0.2) is 72.1 Å². The van der Waals surface area contributed by atoms with Crippen LogP contribution < -0.4 is 0 Å². The molecule has 0 amide bonds. The third-order valence-corrected chi connectivity index (χ3v) is 7.81. The summed E-state index contributed by atoms with van der Waals surface area (Å²) < 4.78 is 0. The molecule has 2 unspecified atom stereocenters. The second-order valence-corrected chi connectivity index (χ2v) is 9.95. The van der Waals surface area contributed by atoms with Crippen molar-refractivity contribution in [3.63, 3.8) is 0 Å². The van der Waals surface area contributed by atoms with Gasteiger partial charge in [-0.1, -0.05) is 88.4 Å². The second kappa shape index (κ2) is 5.11. The molecule has 6 rings (SSSR count). The number of hydrogen-bond acceptors (Lipinski definition) is 2. The standard InChI is InChI=1S/C26H28N2/c1-25(2)21-15-20-24(18-13-9-6-10-14-18)26(3,4)22-16-19(27(21)28(20)22)23(25)17-11-7-5-8-12-17/h5-14,21-22H,15-16H2,1-4H3. The molecule has 4 heterocycles. The lowest BCUT2D eigenvalue weighted by atomic mass is 9.71. The number of benzene rings is 2. The van der Waals surface area contributed by atoms with Gasteiger partial charge in [0.2, 0.25) is 0 Å². The Hall–Kier alpha value is -2.48. The summed E-state index contributed by atoms with van der Waals surface area (Å²) >= 11 is 0. The molecule has 2 heteroatoms. The molecule has 4 aliphatic rings. The number of rotatable bonds is 2. The maximum absolute atomic E-state index is 2.69. The van der Waals surface area contributed by atoms with Crippen molar-refractivity contribution in [2.45, 2.75) is 52.6 Å². The van der Waals surface area contributed by atoms with Crippen molar-refractivity contribution in [1.82, 2.24) is 10.0 Å². The van der Waals surface area contributed by atoms with Gasteiger partial charge >= 0.3 is 0 Å². The minimum absolute atomic E-state index is 0.158. The lowest BCUT2D eigenvalue weighted by molar-refractivity contribution is 0.0365. The Morgan fingerprint density at radius 2 is 0.964 bits per heavy atom. The molecule has 142 valence electrons. The Morgan fingerprint density at radius 3 is 1.32 bits per heavy atom. The van der Waals surface area contributed by atoms with Gasteiger partial charge < -0.3 is 0 Å². The number of hydrogen-bond donors (Lipinski definition) is 0. The molecule has 0 aliphatic carbocycles. The van der Waals surface area contributed by atoms with E-state index in [0.29, 0.717) is 12.1 Å². The molecule has 0 N–H and O–H groups in total. The van der Waals surface area contributed by atoms with Crippen molar-refractivity contribution < 1.29 is 0 Å².